The van der Waals surface area contributed by atoms with Gasteiger partial charge in [0.25, 0.3) is 0 Å². The van der Waals surface area contributed by atoms with E-state index in [1.165, 1.54) is 6.20 Å². The van der Waals surface area contributed by atoms with E-state index in [0.717, 1.165) is 12.8 Å². The van der Waals surface area contributed by atoms with Crippen molar-refractivity contribution in [1.29, 1.82) is 0 Å². The second-order valence-corrected chi connectivity index (χ2v) is 3.11. The third kappa shape index (κ3) is 3.05. The molecule has 0 aliphatic rings. The lowest BCUT2D eigenvalue weighted by Crippen LogP contribution is -2.12. The standard InChI is InChI=1S/C10H15N3O/c1-2-3-4-10(14)13-9-5-6-12-7-8(9)11/h5-7H,2-4,11H2,1H3,(H,12,13,14). The minimum Gasteiger partial charge on any atom is -0.396 e. The smallest absolute Gasteiger partial charge is 0.224 e. The maximum Gasteiger partial charge on any atom is 0.224 e. The van der Waals surface area contributed by atoms with Crippen LogP contribution >= 0.6 is 0 Å². The Morgan fingerprint density at radius 3 is 3.07 bits per heavy atom. The molecule has 1 rings (SSSR count). The van der Waals surface area contributed by atoms with Gasteiger partial charge in [0.05, 0.1) is 17.6 Å². The molecular formula is C10H15N3O. The summed E-state index contributed by atoms with van der Waals surface area (Å²) < 4.78 is 0. The predicted octanol–water partition coefficient (Wildman–Crippen LogP) is 1.79. The maximum atomic E-state index is 11.3. The molecule has 0 saturated carbocycles. The molecule has 0 radical (unpaired) electrons. The van der Waals surface area contributed by atoms with Crippen molar-refractivity contribution < 1.29 is 4.79 Å². The molecular weight excluding hydrogens is 178 g/mol. The van der Waals surface area contributed by atoms with Crippen LogP contribution in [-0.4, -0.2) is 10.9 Å². The summed E-state index contributed by atoms with van der Waals surface area (Å²) in [5.41, 5.74) is 6.76. The van der Waals surface area contributed by atoms with Gasteiger partial charge in [-0.1, -0.05) is 13.3 Å². The van der Waals surface area contributed by atoms with Crippen LogP contribution in [-0.2, 0) is 4.79 Å². The molecule has 1 aromatic rings. The Morgan fingerprint density at radius 1 is 1.64 bits per heavy atom. The number of hydrogen-bond acceptors (Lipinski definition) is 3. The minimum atomic E-state index is 0.00440. The molecule has 1 amide bonds. The van der Waals surface area contributed by atoms with Gasteiger partial charge in [0.15, 0.2) is 0 Å². The molecule has 14 heavy (non-hydrogen) atoms. The molecule has 0 aliphatic carbocycles. The van der Waals surface area contributed by atoms with Crippen molar-refractivity contribution in [2.75, 3.05) is 11.1 Å². The van der Waals surface area contributed by atoms with Gasteiger partial charge in [0, 0.05) is 12.6 Å². The van der Waals surface area contributed by atoms with Crippen LogP contribution in [0.3, 0.4) is 0 Å². The van der Waals surface area contributed by atoms with Gasteiger partial charge in [0.2, 0.25) is 5.91 Å². The van der Waals surface area contributed by atoms with E-state index >= 15 is 0 Å². The van der Waals surface area contributed by atoms with E-state index < -0.39 is 0 Å². The lowest BCUT2D eigenvalue weighted by atomic mass is 10.2. The molecule has 0 unspecified atom stereocenters. The summed E-state index contributed by atoms with van der Waals surface area (Å²) in [5, 5.41) is 2.74. The number of nitrogen functional groups attached to an aromatic ring is 1. The summed E-state index contributed by atoms with van der Waals surface area (Å²) in [5.74, 6) is 0.00440. The lowest BCUT2D eigenvalue weighted by molar-refractivity contribution is -0.116. The average Bonchev–Trinajstić information content (AvgIpc) is 2.18. The molecule has 1 heterocycles. The third-order valence-electron chi connectivity index (χ3n) is 1.88. The fourth-order valence-electron chi connectivity index (χ4n) is 1.07. The molecule has 0 bridgehead atoms. The number of rotatable bonds is 4. The van der Waals surface area contributed by atoms with E-state index in [1.54, 1.807) is 12.3 Å². The van der Waals surface area contributed by atoms with Crippen molar-refractivity contribution in [3.05, 3.63) is 18.5 Å². The van der Waals surface area contributed by atoms with E-state index in [0.29, 0.717) is 17.8 Å². The first-order chi connectivity index (χ1) is 6.74. The molecule has 4 nitrogen and oxygen atoms in total. The van der Waals surface area contributed by atoms with Crippen LogP contribution in [0.1, 0.15) is 26.2 Å². The number of anilines is 2. The first-order valence-electron chi connectivity index (χ1n) is 4.73. The van der Waals surface area contributed by atoms with E-state index in [4.69, 9.17) is 5.73 Å². The summed E-state index contributed by atoms with van der Waals surface area (Å²) in [7, 11) is 0. The number of nitrogens with two attached hydrogens (primary N) is 1. The number of amides is 1. The zero-order chi connectivity index (χ0) is 10.4. The first kappa shape index (κ1) is 10.5. The predicted molar refractivity (Wildman–Crippen MR) is 56.8 cm³/mol. The largest absolute Gasteiger partial charge is 0.396 e. The van der Waals surface area contributed by atoms with Gasteiger partial charge >= 0.3 is 0 Å². The molecule has 0 aliphatic heterocycles. The SMILES string of the molecule is CCCCC(=O)Nc1ccncc1N. The highest BCUT2D eigenvalue weighted by Gasteiger charge is 2.03. The second-order valence-electron chi connectivity index (χ2n) is 3.11. The lowest BCUT2D eigenvalue weighted by Gasteiger charge is -2.06. The molecule has 1 aromatic heterocycles. The Labute approximate surface area is 83.5 Å². The number of pyridine rings is 1. The number of aromatic nitrogens is 1. The molecule has 0 fully saturated rings. The summed E-state index contributed by atoms with van der Waals surface area (Å²) in [6.45, 7) is 2.05. The number of carbonyl (C=O) groups is 1. The second kappa shape index (κ2) is 5.21. The van der Waals surface area contributed by atoms with Gasteiger partial charge < -0.3 is 11.1 Å². The van der Waals surface area contributed by atoms with Crippen LogP contribution in [0.15, 0.2) is 18.5 Å². The first-order valence-corrected chi connectivity index (χ1v) is 4.73. The van der Waals surface area contributed by atoms with Gasteiger partial charge in [-0.15, -0.1) is 0 Å². The van der Waals surface area contributed by atoms with E-state index in [9.17, 15) is 4.79 Å². The van der Waals surface area contributed by atoms with Crippen LogP contribution in [0, 0.1) is 0 Å². The highest BCUT2D eigenvalue weighted by atomic mass is 16.1. The van der Waals surface area contributed by atoms with E-state index in [2.05, 4.69) is 10.3 Å². The highest BCUT2D eigenvalue weighted by molar-refractivity contribution is 5.93. The minimum absolute atomic E-state index is 0.00440. The Hall–Kier alpha value is -1.58. The van der Waals surface area contributed by atoms with Crippen molar-refractivity contribution in [3.8, 4) is 0 Å². The van der Waals surface area contributed by atoms with Gasteiger partial charge in [-0.3, -0.25) is 9.78 Å². The maximum absolute atomic E-state index is 11.3. The van der Waals surface area contributed by atoms with Gasteiger partial charge in [0.1, 0.15) is 0 Å². The molecule has 76 valence electrons. The Balaban J connectivity index is 2.52. The number of carbonyl (C=O) groups excluding carboxylic acids is 1. The molecule has 3 N–H and O–H groups in total. The van der Waals surface area contributed by atoms with Crippen molar-refractivity contribution in [1.82, 2.24) is 4.98 Å². The number of nitrogens with one attached hydrogen (secondary N) is 1. The van der Waals surface area contributed by atoms with Crippen LogP contribution < -0.4 is 11.1 Å². The Kier molecular flexibility index (Phi) is 3.91. The fourth-order valence-corrected chi connectivity index (χ4v) is 1.07. The third-order valence-corrected chi connectivity index (χ3v) is 1.88. The molecule has 0 aromatic carbocycles. The van der Waals surface area contributed by atoms with Gasteiger partial charge in [-0.05, 0) is 12.5 Å². The molecule has 0 atom stereocenters. The van der Waals surface area contributed by atoms with Crippen molar-refractivity contribution >= 4 is 17.3 Å². The molecule has 0 spiro atoms. The normalized spacial score (nSPS) is 9.79. The summed E-state index contributed by atoms with van der Waals surface area (Å²) >= 11 is 0. The van der Waals surface area contributed by atoms with E-state index in [-0.39, 0.29) is 5.91 Å². The fraction of sp³-hybridized carbons (Fsp3) is 0.400. The average molecular weight is 193 g/mol. The van der Waals surface area contributed by atoms with Crippen LogP contribution in [0.4, 0.5) is 11.4 Å². The van der Waals surface area contributed by atoms with Crippen molar-refractivity contribution in [2.24, 2.45) is 0 Å². The van der Waals surface area contributed by atoms with Crippen molar-refractivity contribution in [3.63, 3.8) is 0 Å². The zero-order valence-electron chi connectivity index (χ0n) is 8.29. The van der Waals surface area contributed by atoms with Crippen LogP contribution in [0.2, 0.25) is 0 Å². The zero-order valence-corrected chi connectivity index (χ0v) is 8.29. The summed E-state index contributed by atoms with van der Waals surface area (Å²) in [6.07, 6.45) is 5.58. The molecule has 0 saturated heterocycles. The number of nitrogens with zero attached hydrogens (tertiary/aromatic N) is 1. The topological polar surface area (TPSA) is 68.0 Å². The van der Waals surface area contributed by atoms with Gasteiger partial charge in [-0.25, -0.2) is 0 Å². The monoisotopic (exact) mass is 193 g/mol. The van der Waals surface area contributed by atoms with Crippen molar-refractivity contribution in [2.45, 2.75) is 26.2 Å². The number of hydrogen-bond donors (Lipinski definition) is 2. The van der Waals surface area contributed by atoms with E-state index in [1.807, 2.05) is 6.92 Å². The summed E-state index contributed by atoms with van der Waals surface area (Å²) in [4.78, 5) is 15.2. The Morgan fingerprint density at radius 2 is 2.43 bits per heavy atom. The highest BCUT2D eigenvalue weighted by Crippen LogP contribution is 2.15. The van der Waals surface area contributed by atoms with Crippen LogP contribution in [0.5, 0.6) is 0 Å². The number of unbranched alkanes of at least 4 members (excludes halogenated alkanes) is 1. The van der Waals surface area contributed by atoms with Crippen LogP contribution in [0.25, 0.3) is 0 Å². The summed E-state index contributed by atoms with van der Waals surface area (Å²) in [6, 6.07) is 1.69. The molecule has 4 heteroatoms. The Bertz CT molecular complexity index is 312. The van der Waals surface area contributed by atoms with Gasteiger partial charge in [-0.2, -0.15) is 0 Å². The quantitative estimate of drug-likeness (QED) is 0.766.